The van der Waals surface area contributed by atoms with Gasteiger partial charge in [0, 0.05) is 30.0 Å². The number of amidine groups is 1. The molecular formula is C28H30ClF2N3O3. The van der Waals surface area contributed by atoms with Gasteiger partial charge in [-0.1, -0.05) is 17.7 Å². The first-order valence-corrected chi connectivity index (χ1v) is 12.6. The Labute approximate surface area is 220 Å². The van der Waals surface area contributed by atoms with E-state index >= 15 is 8.78 Å². The average molecular weight is 530 g/mol. The van der Waals surface area contributed by atoms with Crippen molar-refractivity contribution in [2.24, 2.45) is 4.99 Å². The second-order valence-electron chi connectivity index (χ2n) is 9.47. The molecule has 0 saturated heterocycles. The molecule has 2 heterocycles. The van der Waals surface area contributed by atoms with Crippen LogP contribution in [0, 0.1) is 11.6 Å². The normalized spacial score (nSPS) is 17.4. The van der Waals surface area contributed by atoms with Crippen LogP contribution in [0.5, 0.6) is 5.75 Å². The quantitative estimate of drug-likeness (QED) is 0.459. The van der Waals surface area contributed by atoms with Gasteiger partial charge in [-0.3, -0.25) is 9.79 Å². The van der Waals surface area contributed by atoms with Gasteiger partial charge in [0.15, 0.2) is 0 Å². The third kappa shape index (κ3) is 6.19. The summed E-state index contributed by atoms with van der Waals surface area (Å²) in [6.07, 6.45) is 5.67. The molecule has 0 fully saturated rings. The predicted molar refractivity (Wildman–Crippen MR) is 140 cm³/mol. The van der Waals surface area contributed by atoms with Crippen molar-refractivity contribution in [3.05, 3.63) is 87.6 Å². The molecule has 2 aromatic rings. The smallest absolute Gasteiger partial charge is 0.251 e. The number of carbonyl (C=O) groups excluding carboxylic acids is 1. The second kappa shape index (κ2) is 11.4. The Balaban J connectivity index is 1.48. The van der Waals surface area contributed by atoms with Gasteiger partial charge in [0.1, 0.15) is 23.2 Å². The van der Waals surface area contributed by atoms with Crippen LogP contribution in [0.3, 0.4) is 0 Å². The minimum atomic E-state index is -0.710. The number of nitrogens with one attached hydrogen (secondary N) is 1. The Hall–Kier alpha value is -3.23. The lowest BCUT2D eigenvalue weighted by molar-refractivity contribution is 0.0929. The van der Waals surface area contributed by atoms with Crippen molar-refractivity contribution in [1.29, 1.82) is 0 Å². The lowest BCUT2D eigenvalue weighted by Gasteiger charge is -2.20. The highest BCUT2D eigenvalue weighted by atomic mass is 35.5. The van der Waals surface area contributed by atoms with Crippen LogP contribution in [0.2, 0.25) is 5.02 Å². The Morgan fingerprint density at radius 2 is 2.00 bits per heavy atom. The Bertz CT molecular complexity index is 1250. The first-order chi connectivity index (χ1) is 17.7. The topological polar surface area (TPSA) is 74.2 Å². The summed E-state index contributed by atoms with van der Waals surface area (Å²) in [7, 11) is 0. The number of fused-ring (bicyclic) bond motifs is 1. The number of aliphatic imine (C=N–C) groups is 1. The summed E-state index contributed by atoms with van der Waals surface area (Å²) in [5.74, 6) is -0.637. The molecule has 0 aromatic heterocycles. The molecule has 196 valence electrons. The van der Waals surface area contributed by atoms with Gasteiger partial charge < -0.3 is 20.1 Å². The molecule has 2 aliphatic heterocycles. The van der Waals surface area contributed by atoms with Crippen LogP contribution in [-0.4, -0.2) is 47.0 Å². The molecule has 1 unspecified atom stereocenters. The summed E-state index contributed by atoms with van der Waals surface area (Å²) >= 11 is 6.24. The molecule has 2 aliphatic rings. The molecule has 4 rings (SSSR count). The zero-order valence-corrected chi connectivity index (χ0v) is 21.7. The summed E-state index contributed by atoms with van der Waals surface area (Å²) in [6.45, 7) is 5.91. The van der Waals surface area contributed by atoms with Crippen molar-refractivity contribution in [2.75, 3.05) is 13.2 Å². The fourth-order valence-electron chi connectivity index (χ4n) is 4.44. The van der Waals surface area contributed by atoms with Crippen LogP contribution < -0.4 is 10.1 Å². The molecular weight excluding hydrogens is 500 g/mol. The van der Waals surface area contributed by atoms with E-state index in [9.17, 15) is 9.90 Å². The predicted octanol–water partition coefficient (Wildman–Crippen LogP) is 5.36. The summed E-state index contributed by atoms with van der Waals surface area (Å²) in [5, 5.41) is 12.5. The highest BCUT2D eigenvalue weighted by Gasteiger charge is 2.29. The standard InChI is InChI=1S/C28H30ClF2N3O3/c1-16(2)37-26-7-6-18(11-22(26)29)28(36)32-20(8-10-35)14-21-23(30)12-19(13-24(21)31)25-15-34-9-4-5-17(3)27(34)33-25/h4-7,9,11-13,16,20,25,35H,8,10,14-15H2,1-3H3,(H,32,36)/t20-,25?/m1/s1. The number of amides is 1. The lowest BCUT2D eigenvalue weighted by atomic mass is 9.98. The third-order valence-electron chi connectivity index (χ3n) is 6.25. The van der Waals surface area contributed by atoms with Crippen molar-refractivity contribution >= 4 is 23.3 Å². The first kappa shape index (κ1) is 26.8. The van der Waals surface area contributed by atoms with Gasteiger partial charge in [0.25, 0.3) is 5.91 Å². The van der Waals surface area contributed by atoms with Gasteiger partial charge in [-0.25, -0.2) is 8.78 Å². The molecule has 6 nitrogen and oxygen atoms in total. The maximum Gasteiger partial charge on any atom is 0.251 e. The summed E-state index contributed by atoms with van der Waals surface area (Å²) in [5.41, 5.74) is 1.56. The molecule has 2 aromatic carbocycles. The Morgan fingerprint density at radius 3 is 2.62 bits per heavy atom. The molecule has 2 N–H and O–H groups in total. The molecule has 37 heavy (non-hydrogen) atoms. The van der Waals surface area contributed by atoms with Crippen LogP contribution in [0.15, 0.2) is 59.2 Å². The van der Waals surface area contributed by atoms with E-state index in [1.807, 2.05) is 44.0 Å². The molecule has 0 aliphatic carbocycles. The molecule has 2 atom stereocenters. The molecule has 1 amide bonds. The largest absolute Gasteiger partial charge is 0.489 e. The molecule has 0 spiro atoms. The van der Waals surface area contributed by atoms with E-state index in [1.165, 1.54) is 18.2 Å². The summed E-state index contributed by atoms with van der Waals surface area (Å²) < 4.78 is 35.9. The second-order valence-corrected chi connectivity index (χ2v) is 9.88. The van der Waals surface area contributed by atoms with Gasteiger partial charge >= 0.3 is 0 Å². The summed E-state index contributed by atoms with van der Waals surface area (Å²) in [6, 6.07) is 6.16. The van der Waals surface area contributed by atoms with Gasteiger partial charge in [0.2, 0.25) is 0 Å². The van der Waals surface area contributed by atoms with Crippen LogP contribution in [-0.2, 0) is 6.42 Å². The number of hydrogen-bond donors (Lipinski definition) is 2. The number of aliphatic hydroxyl groups is 1. The highest BCUT2D eigenvalue weighted by molar-refractivity contribution is 6.32. The van der Waals surface area contributed by atoms with E-state index < -0.39 is 23.6 Å². The van der Waals surface area contributed by atoms with Gasteiger partial charge in [-0.2, -0.15) is 0 Å². The van der Waals surface area contributed by atoms with E-state index in [-0.39, 0.29) is 47.7 Å². The molecule has 0 bridgehead atoms. The van der Waals surface area contributed by atoms with E-state index in [1.54, 1.807) is 12.1 Å². The minimum Gasteiger partial charge on any atom is -0.489 e. The number of halogens is 3. The van der Waals surface area contributed by atoms with Crippen LogP contribution >= 0.6 is 11.6 Å². The third-order valence-corrected chi connectivity index (χ3v) is 6.55. The van der Waals surface area contributed by atoms with Crippen molar-refractivity contribution in [1.82, 2.24) is 10.2 Å². The lowest BCUT2D eigenvalue weighted by Crippen LogP contribution is -2.37. The fourth-order valence-corrected chi connectivity index (χ4v) is 4.66. The van der Waals surface area contributed by atoms with Gasteiger partial charge in [-0.15, -0.1) is 0 Å². The highest BCUT2D eigenvalue weighted by Crippen LogP contribution is 2.31. The number of benzene rings is 2. The molecule has 0 saturated carbocycles. The van der Waals surface area contributed by atoms with Crippen LogP contribution in [0.25, 0.3) is 0 Å². The number of rotatable bonds is 9. The number of allylic oxidation sites excluding steroid dienone is 2. The van der Waals surface area contributed by atoms with E-state index in [0.717, 1.165) is 11.4 Å². The maximum atomic E-state index is 15.1. The molecule has 0 radical (unpaired) electrons. The number of hydrogen-bond acceptors (Lipinski definition) is 5. The van der Waals surface area contributed by atoms with Gasteiger partial charge in [0.05, 0.1) is 23.7 Å². The number of carbonyl (C=O) groups is 1. The average Bonchev–Trinajstić information content (AvgIpc) is 3.28. The van der Waals surface area contributed by atoms with Crippen LogP contribution in [0.1, 0.15) is 54.7 Å². The number of ether oxygens (including phenoxy) is 1. The monoisotopic (exact) mass is 529 g/mol. The summed E-state index contributed by atoms with van der Waals surface area (Å²) in [4.78, 5) is 19.5. The number of aliphatic hydroxyl groups excluding tert-OH is 1. The van der Waals surface area contributed by atoms with E-state index in [4.69, 9.17) is 16.3 Å². The SMILES string of the molecule is CC1=CC=CN2CC(c3cc(F)c(C[C@@H](CCO)NC(=O)c4ccc(OC(C)C)c(Cl)c4)c(F)c3)N=C12. The van der Waals surface area contributed by atoms with Gasteiger partial charge in [-0.05, 0) is 81.2 Å². The first-order valence-electron chi connectivity index (χ1n) is 12.2. The van der Waals surface area contributed by atoms with E-state index in [2.05, 4.69) is 10.3 Å². The van der Waals surface area contributed by atoms with Crippen LogP contribution in [0.4, 0.5) is 8.78 Å². The minimum absolute atomic E-state index is 0.0807. The van der Waals surface area contributed by atoms with Crippen molar-refractivity contribution in [2.45, 2.75) is 51.8 Å². The zero-order valence-electron chi connectivity index (χ0n) is 21.0. The zero-order chi connectivity index (χ0) is 26.7. The fraction of sp³-hybridized carbons (Fsp3) is 0.357. The van der Waals surface area contributed by atoms with Crippen molar-refractivity contribution < 1.29 is 23.4 Å². The Kier molecular flexibility index (Phi) is 8.29. The van der Waals surface area contributed by atoms with E-state index in [0.29, 0.717) is 17.9 Å². The number of nitrogens with zero attached hydrogens (tertiary/aromatic N) is 2. The Morgan fingerprint density at radius 1 is 1.27 bits per heavy atom. The van der Waals surface area contributed by atoms with Crippen molar-refractivity contribution in [3.8, 4) is 5.75 Å². The molecule has 9 heteroatoms. The maximum absolute atomic E-state index is 15.1. The van der Waals surface area contributed by atoms with Crippen molar-refractivity contribution in [3.63, 3.8) is 0 Å².